The molecule has 1 aromatic rings. The van der Waals surface area contributed by atoms with E-state index in [2.05, 4.69) is 0 Å². The molecule has 0 amide bonds. The van der Waals surface area contributed by atoms with E-state index in [0.717, 1.165) is 0 Å². The van der Waals surface area contributed by atoms with Gasteiger partial charge in [0.15, 0.2) is 0 Å². The van der Waals surface area contributed by atoms with Crippen molar-refractivity contribution in [3.8, 4) is 0 Å². The van der Waals surface area contributed by atoms with Gasteiger partial charge in [0.05, 0.1) is 16.9 Å². The SMILES string of the molecule is COCC1(C(F)(F)F)CCN(c2ccccc2[N+](=O)[O-])CC1. The van der Waals surface area contributed by atoms with Gasteiger partial charge < -0.3 is 9.64 Å². The topological polar surface area (TPSA) is 55.6 Å². The van der Waals surface area contributed by atoms with Crippen LogP contribution in [0, 0.1) is 15.5 Å². The summed E-state index contributed by atoms with van der Waals surface area (Å²) < 4.78 is 44.7. The van der Waals surface area contributed by atoms with E-state index in [0.29, 0.717) is 5.69 Å². The van der Waals surface area contributed by atoms with Gasteiger partial charge in [0.1, 0.15) is 5.69 Å². The smallest absolute Gasteiger partial charge is 0.384 e. The van der Waals surface area contributed by atoms with Gasteiger partial charge in [0.2, 0.25) is 0 Å². The highest BCUT2D eigenvalue weighted by Crippen LogP contribution is 2.47. The largest absolute Gasteiger partial charge is 0.396 e. The Bertz CT molecular complexity index is 540. The molecule has 1 heterocycles. The summed E-state index contributed by atoms with van der Waals surface area (Å²) in [7, 11) is 1.25. The van der Waals surface area contributed by atoms with Crippen molar-refractivity contribution >= 4 is 11.4 Å². The van der Waals surface area contributed by atoms with Crippen LogP contribution in [0.5, 0.6) is 0 Å². The summed E-state index contributed by atoms with van der Waals surface area (Å²) in [5.41, 5.74) is -1.60. The molecule has 5 nitrogen and oxygen atoms in total. The Balaban J connectivity index is 2.20. The zero-order valence-electron chi connectivity index (χ0n) is 12.1. The molecule has 2 rings (SSSR count). The average molecular weight is 318 g/mol. The molecule has 1 saturated heterocycles. The van der Waals surface area contributed by atoms with Crippen molar-refractivity contribution in [1.29, 1.82) is 0 Å². The number of methoxy groups -OCH3 is 1. The number of halogens is 3. The number of anilines is 1. The van der Waals surface area contributed by atoms with Crippen LogP contribution in [0.25, 0.3) is 0 Å². The Morgan fingerprint density at radius 3 is 2.41 bits per heavy atom. The molecule has 0 saturated carbocycles. The van der Waals surface area contributed by atoms with Gasteiger partial charge in [-0.1, -0.05) is 12.1 Å². The van der Waals surface area contributed by atoms with Gasteiger partial charge in [-0.15, -0.1) is 0 Å². The van der Waals surface area contributed by atoms with Crippen LogP contribution < -0.4 is 4.90 Å². The normalized spacial score (nSPS) is 18.3. The molecule has 1 fully saturated rings. The van der Waals surface area contributed by atoms with Crippen LogP contribution in [0.2, 0.25) is 0 Å². The molecule has 0 spiro atoms. The number of hydrogen-bond donors (Lipinski definition) is 0. The molecule has 8 heteroatoms. The molecule has 1 aliphatic heterocycles. The number of rotatable bonds is 4. The van der Waals surface area contributed by atoms with Crippen LogP contribution in [0.3, 0.4) is 0 Å². The lowest BCUT2D eigenvalue weighted by Crippen LogP contribution is -2.50. The van der Waals surface area contributed by atoms with Gasteiger partial charge in [-0.3, -0.25) is 10.1 Å². The molecule has 22 heavy (non-hydrogen) atoms. The molecule has 0 aromatic heterocycles. The van der Waals surface area contributed by atoms with Crippen molar-refractivity contribution in [2.75, 3.05) is 31.7 Å². The summed E-state index contributed by atoms with van der Waals surface area (Å²) >= 11 is 0. The third kappa shape index (κ3) is 3.01. The lowest BCUT2D eigenvalue weighted by atomic mass is 9.78. The lowest BCUT2D eigenvalue weighted by molar-refractivity contribution is -0.384. The number of alkyl halides is 3. The summed E-state index contributed by atoms with van der Waals surface area (Å²) in [6.07, 6.45) is -4.63. The standard InChI is InChI=1S/C14H17F3N2O3/c1-22-10-13(14(15,16)17)6-8-18(9-7-13)11-4-2-3-5-12(11)19(20)21/h2-5H,6-10H2,1H3. The Labute approximate surface area is 125 Å². The van der Waals surface area contributed by atoms with Gasteiger partial charge in [0.25, 0.3) is 5.69 Å². The van der Waals surface area contributed by atoms with Crippen LogP contribution in [-0.2, 0) is 4.74 Å². The molecule has 0 radical (unpaired) electrons. The van der Waals surface area contributed by atoms with E-state index in [1.54, 1.807) is 17.0 Å². The molecule has 0 unspecified atom stereocenters. The van der Waals surface area contributed by atoms with Crippen molar-refractivity contribution in [2.24, 2.45) is 5.41 Å². The molecule has 1 aliphatic rings. The molecule has 122 valence electrons. The number of nitro benzene ring substituents is 1. The van der Waals surface area contributed by atoms with Gasteiger partial charge >= 0.3 is 6.18 Å². The second-order valence-corrected chi connectivity index (χ2v) is 5.44. The summed E-state index contributed by atoms with van der Waals surface area (Å²) in [5.74, 6) is 0. The minimum absolute atomic E-state index is 0.0891. The van der Waals surface area contributed by atoms with E-state index in [9.17, 15) is 23.3 Å². The highest BCUT2D eigenvalue weighted by molar-refractivity contribution is 5.63. The van der Waals surface area contributed by atoms with E-state index >= 15 is 0 Å². The van der Waals surface area contributed by atoms with Crippen LogP contribution in [0.1, 0.15) is 12.8 Å². The maximum Gasteiger partial charge on any atom is 0.396 e. The Morgan fingerprint density at radius 2 is 1.91 bits per heavy atom. The molecule has 0 bridgehead atoms. The highest BCUT2D eigenvalue weighted by atomic mass is 19.4. The molecular weight excluding hydrogens is 301 g/mol. The van der Waals surface area contributed by atoms with Gasteiger partial charge in [0, 0.05) is 26.3 Å². The summed E-state index contributed by atoms with van der Waals surface area (Å²) in [4.78, 5) is 12.2. The number of hydrogen-bond acceptors (Lipinski definition) is 4. The van der Waals surface area contributed by atoms with E-state index in [-0.39, 0.29) is 38.2 Å². The van der Waals surface area contributed by atoms with Crippen molar-refractivity contribution < 1.29 is 22.8 Å². The minimum atomic E-state index is -4.35. The minimum Gasteiger partial charge on any atom is -0.384 e. The zero-order valence-corrected chi connectivity index (χ0v) is 12.1. The fraction of sp³-hybridized carbons (Fsp3) is 0.571. The van der Waals surface area contributed by atoms with E-state index in [1.165, 1.54) is 19.2 Å². The van der Waals surface area contributed by atoms with Gasteiger partial charge in [-0.05, 0) is 18.9 Å². The zero-order chi connectivity index (χ0) is 16.4. The van der Waals surface area contributed by atoms with Crippen molar-refractivity contribution in [3.63, 3.8) is 0 Å². The van der Waals surface area contributed by atoms with Crippen molar-refractivity contribution in [3.05, 3.63) is 34.4 Å². The Hall–Kier alpha value is -1.83. The molecule has 0 N–H and O–H groups in total. The molecule has 1 aromatic carbocycles. The van der Waals surface area contributed by atoms with Crippen molar-refractivity contribution in [1.82, 2.24) is 0 Å². The first-order chi connectivity index (χ1) is 10.3. The molecule has 0 atom stereocenters. The first-order valence-corrected chi connectivity index (χ1v) is 6.85. The second-order valence-electron chi connectivity index (χ2n) is 5.44. The Morgan fingerprint density at radius 1 is 1.32 bits per heavy atom. The van der Waals surface area contributed by atoms with E-state index in [1.807, 2.05) is 0 Å². The number of para-hydroxylation sites is 2. The first kappa shape index (κ1) is 16.5. The monoisotopic (exact) mass is 318 g/mol. The fourth-order valence-corrected chi connectivity index (χ4v) is 2.85. The van der Waals surface area contributed by atoms with Crippen LogP contribution in [0.15, 0.2) is 24.3 Å². The van der Waals surface area contributed by atoms with E-state index < -0.39 is 16.5 Å². The maximum atomic E-state index is 13.3. The number of nitro groups is 1. The number of piperidine rings is 1. The number of nitrogens with zero attached hydrogens (tertiary/aromatic N) is 2. The quantitative estimate of drug-likeness (QED) is 0.631. The average Bonchev–Trinajstić information content (AvgIpc) is 2.47. The summed E-state index contributed by atoms with van der Waals surface area (Å²) in [6, 6.07) is 6.10. The highest BCUT2D eigenvalue weighted by Gasteiger charge is 2.55. The lowest BCUT2D eigenvalue weighted by Gasteiger charge is -2.42. The predicted octanol–water partition coefficient (Wildman–Crippen LogP) is 3.39. The van der Waals surface area contributed by atoms with E-state index in [4.69, 9.17) is 4.74 Å². The third-order valence-corrected chi connectivity index (χ3v) is 4.16. The van der Waals surface area contributed by atoms with Crippen LogP contribution >= 0.6 is 0 Å². The second kappa shape index (κ2) is 6.12. The maximum absolute atomic E-state index is 13.3. The summed E-state index contributed by atoms with van der Waals surface area (Å²) in [6.45, 7) is -0.178. The molecule has 0 aliphatic carbocycles. The van der Waals surface area contributed by atoms with Crippen molar-refractivity contribution in [2.45, 2.75) is 19.0 Å². The number of benzene rings is 1. The number of ether oxygens (including phenoxy) is 1. The van der Waals surface area contributed by atoms with Gasteiger partial charge in [-0.2, -0.15) is 13.2 Å². The van der Waals surface area contributed by atoms with Crippen LogP contribution in [-0.4, -0.2) is 37.9 Å². The van der Waals surface area contributed by atoms with Crippen LogP contribution in [0.4, 0.5) is 24.5 Å². The van der Waals surface area contributed by atoms with Gasteiger partial charge in [-0.25, -0.2) is 0 Å². The third-order valence-electron chi connectivity index (χ3n) is 4.16. The first-order valence-electron chi connectivity index (χ1n) is 6.85. The fourth-order valence-electron chi connectivity index (χ4n) is 2.85. The summed E-state index contributed by atoms with van der Waals surface area (Å²) in [5, 5.41) is 11.0. The molecular formula is C14H17F3N2O3. The Kier molecular flexibility index (Phi) is 4.60. The predicted molar refractivity (Wildman–Crippen MR) is 74.9 cm³/mol.